The smallest absolute Gasteiger partial charge is 0.241 e. The van der Waals surface area contributed by atoms with Gasteiger partial charge in [0.25, 0.3) is 0 Å². The molecule has 0 aromatic heterocycles. The van der Waals surface area contributed by atoms with Gasteiger partial charge >= 0.3 is 0 Å². The fourth-order valence-corrected chi connectivity index (χ4v) is 5.88. The quantitative estimate of drug-likeness (QED) is 0.309. The maximum absolute atomic E-state index is 13.7. The predicted molar refractivity (Wildman–Crippen MR) is 153 cm³/mol. The number of fused-ring (bicyclic) bond motifs is 1. The van der Waals surface area contributed by atoms with Crippen LogP contribution in [0.3, 0.4) is 0 Å². The van der Waals surface area contributed by atoms with Crippen LogP contribution in [0.15, 0.2) is 71.6 Å². The molecule has 1 aliphatic rings. The highest BCUT2D eigenvalue weighted by Crippen LogP contribution is 2.42. The summed E-state index contributed by atoms with van der Waals surface area (Å²) >= 11 is 7.85. The average molecular weight is 553 g/mol. The number of thioether (sulfide) groups is 1. The van der Waals surface area contributed by atoms with Gasteiger partial charge in [0, 0.05) is 16.5 Å². The molecule has 0 unspecified atom stereocenters. The summed E-state index contributed by atoms with van der Waals surface area (Å²) in [5, 5.41) is 3.09. The molecule has 38 heavy (non-hydrogen) atoms. The Balaban J connectivity index is 1.43. The van der Waals surface area contributed by atoms with Crippen LogP contribution in [0.5, 0.6) is 11.5 Å². The molecule has 4 rings (SSSR count). The molecule has 200 valence electrons. The lowest BCUT2D eigenvalue weighted by Gasteiger charge is -2.36. The van der Waals surface area contributed by atoms with Crippen LogP contribution in [0.2, 0.25) is 5.02 Å². The van der Waals surface area contributed by atoms with Crippen molar-refractivity contribution in [1.82, 2.24) is 5.32 Å². The first-order chi connectivity index (χ1) is 18.4. The van der Waals surface area contributed by atoms with Crippen molar-refractivity contribution in [2.75, 3.05) is 24.7 Å². The van der Waals surface area contributed by atoms with Crippen molar-refractivity contribution < 1.29 is 19.1 Å². The van der Waals surface area contributed by atoms with E-state index in [-0.39, 0.29) is 11.8 Å². The third-order valence-electron chi connectivity index (χ3n) is 6.39. The molecule has 0 spiro atoms. The van der Waals surface area contributed by atoms with Crippen LogP contribution in [-0.4, -0.2) is 36.8 Å². The highest BCUT2D eigenvalue weighted by molar-refractivity contribution is 8.01. The Morgan fingerprint density at radius 2 is 1.74 bits per heavy atom. The number of carbonyl (C=O) groups is 2. The van der Waals surface area contributed by atoms with E-state index in [0.717, 1.165) is 21.7 Å². The Morgan fingerprint density at radius 3 is 2.50 bits per heavy atom. The van der Waals surface area contributed by atoms with E-state index in [2.05, 4.69) is 5.32 Å². The fourth-order valence-electron chi connectivity index (χ4n) is 4.39. The summed E-state index contributed by atoms with van der Waals surface area (Å²) in [6.07, 6.45) is 0.637. The number of para-hydroxylation sites is 1. The van der Waals surface area contributed by atoms with Gasteiger partial charge in [-0.2, -0.15) is 0 Å². The molecular formula is C30H33ClN2O4S. The van der Waals surface area contributed by atoms with Gasteiger partial charge in [0.05, 0.1) is 31.4 Å². The maximum Gasteiger partial charge on any atom is 0.241 e. The molecule has 0 bridgehead atoms. The first-order valence-electron chi connectivity index (χ1n) is 12.9. The molecule has 0 aliphatic carbocycles. The molecule has 2 atom stereocenters. The van der Waals surface area contributed by atoms with E-state index in [1.807, 2.05) is 87.5 Å². The van der Waals surface area contributed by atoms with Gasteiger partial charge in [0.2, 0.25) is 11.8 Å². The molecule has 0 saturated carbocycles. The largest absolute Gasteiger partial charge is 0.490 e. The number of nitrogens with zero attached hydrogens (tertiary/aromatic N) is 1. The Labute approximate surface area is 233 Å². The van der Waals surface area contributed by atoms with Gasteiger partial charge in [-0.3, -0.25) is 9.59 Å². The van der Waals surface area contributed by atoms with Gasteiger partial charge in [0.1, 0.15) is 5.25 Å². The molecule has 6 nitrogen and oxygen atoms in total. The Kier molecular flexibility index (Phi) is 9.58. The molecule has 1 aliphatic heterocycles. The molecule has 1 heterocycles. The van der Waals surface area contributed by atoms with Crippen LogP contribution in [0.25, 0.3) is 0 Å². The first kappa shape index (κ1) is 27.9. The number of nitrogens with one attached hydrogen (secondary N) is 1. The second kappa shape index (κ2) is 13.1. The number of rotatable bonds is 11. The van der Waals surface area contributed by atoms with E-state index >= 15 is 0 Å². The van der Waals surface area contributed by atoms with Gasteiger partial charge in [-0.1, -0.05) is 54.9 Å². The Morgan fingerprint density at radius 1 is 1.03 bits per heavy atom. The van der Waals surface area contributed by atoms with Gasteiger partial charge in [-0.05, 0) is 61.7 Å². The van der Waals surface area contributed by atoms with Crippen LogP contribution in [0.4, 0.5) is 5.69 Å². The molecule has 1 N–H and O–H groups in total. The topological polar surface area (TPSA) is 67.9 Å². The highest BCUT2D eigenvalue weighted by Gasteiger charge is 2.39. The van der Waals surface area contributed by atoms with Crippen molar-refractivity contribution >= 4 is 40.9 Å². The molecule has 8 heteroatoms. The summed E-state index contributed by atoms with van der Waals surface area (Å²) in [5.41, 5.74) is 2.74. The minimum absolute atomic E-state index is 0.0934. The third kappa shape index (κ3) is 6.45. The Hall–Kier alpha value is -3.16. The molecular weight excluding hydrogens is 520 g/mol. The number of amides is 2. The van der Waals surface area contributed by atoms with Gasteiger partial charge < -0.3 is 19.7 Å². The monoisotopic (exact) mass is 552 g/mol. The van der Waals surface area contributed by atoms with E-state index in [4.69, 9.17) is 21.1 Å². The number of hydrogen-bond donors (Lipinski definition) is 1. The van der Waals surface area contributed by atoms with Gasteiger partial charge in [-0.15, -0.1) is 11.8 Å². The van der Waals surface area contributed by atoms with Crippen molar-refractivity contribution in [3.05, 3.63) is 82.9 Å². The van der Waals surface area contributed by atoms with E-state index in [9.17, 15) is 9.59 Å². The summed E-state index contributed by atoms with van der Waals surface area (Å²) in [6, 6.07) is 21.1. The standard InChI is InChI=1S/C30H33ClN2O4S/c1-4-36-25-15-14-21(18-26(25)37-5-2)16-17-32-29(34)20(3)28-30(35)33(19-22-10-6-7-11-23(22)31)24-12-8-9-13-27(24)38-28/h6-15,18,20,28H,4-5,16-17,19H2,1-3H3,(H,32,34)/t20-,28+/m1/s1. The fraction of sp³-hybridized carbons (Fsp3) is 0.333. The second-order valence-electron chi connectivity index (χ2n) is 9.00. The van der Waals surface area contributed by atoms with Crippen molar-refractivity contribution in [3.8, 4) is 11.5 Å². The number of hydrogen-bond acceptors (Lipinski definition) is 5. The molecule has 3 aromatic carbocycles. The second-order valence-corrected chi connectivity index (χ2v) is 10.6. The van der Waals surface area contributed by atoms with Crippen LogP contribution >= 0.6 is 23.4 Å². The number of benzene rings is 3. The van der Waals surface area contributed by atoms with E-state index in [1.54, 1.807) is 4.90 Å². The highest BCUT2D eigenvalue weighted by atomic mass is 35.5. The lowest BCUT2D eigenvalue weighted by molar-refractivity contribution is -0.128. The summed E-state index contributed by atoms with van der Waals surface area (Å²) in [5.74, 6) is 0.653. The minimum atomic E-state index is -0.539. The van der Waals surface area contributed by atoms with Crippen molar-refractivity contribution in [2.24, 2.45) is 5.92 Å². The van der Waals surface area contributed by atoms with Gasteiger partial charge in [-0.25, -0.2) is 0 Å². The van der Waals surface area contributed by atoms with Crippen LogP contribution < -0.4 is 19.7 Å². The number of carbonyl (C=O) groups excluding carboxylic acids is 2. The van der Waals surface area contributed by atoms with E-state index < -0.39 is 11.2 Å². The predicted octanol–water partition coefficient (Wildman–Crippen LogP) is 6.14. The van der Waals surface area contributed by atoms with Gasteiger partial charge in [0.15, 0.2) is 11.5 Å². The summed E-state index contributed by atoms with van der Waals surface area (Å²) in [7, 11) is 0. The van der Waals surface area contributed by atoms with Crippen LogP contribution in [-0.2, 0) is 22.6 Å². The van der Waals surface area contributed by atoms with E-state index in [0.29, 0.717) is 49.2 Å². The van der Waals surface area contributed by atoms with E-state index in [1.165, 1.54) is 11.8 Å². The molecule has 3 aromatic rings. The molecule has 2 amide bonds. The van der Waals surface area contributed by atoms with Crippen LogP contribution in [0.1, 0.15) is 31.9 Å². The average Bonchev–Trinajstić information content (AvgIpc) is 2.92. The first-order valence-corrected chi connectivity index (χ1v) is 14.1. The summed E-state index contributed by atoms with van der Waals surface area (Å²) < 4.78 is 11.3. The Bertz CT molecular complexity index is 1280. The molecule has 0 radical (unpaired) electrons. The SMILES string of the molecule is CCOc1ccc(CCNC(=O)[C@H](C)[C@@H]2Sc3ccccc3N(Cc3ccccc3Cl)C2=O)cc1OCC. The zero-order chi connectivity index (χ0) is 27.1. The number of anilines is 1. The molecule has 0 saturated heterocycles. The molecule has 0 fully saturated rings. The summed E-state index contributed by atoms with van der Waals surface area (Å²) in [6.45, 7) is 7.59. The van der Waals surface area contributed by atoms with Crippen molar-refractivity contribution in [1.29, 1.82) is 0 Å². The normalized spacial score (nSPS) is 15.5. The van der Waals surface area contributed by atoms with Crippen molar-refractivity contribution in [2.45, 2.75) is 43.9 Å². The lowest BCUT2D eigenvalue weighted by atomic mass is 10.0. The minimum Gasteiger partial charge on any atom is -0.490 e. The number of halogens is 1. The lowest BCUT2D eigenvalue weighted by Crippen LogP contribution is -2.47. The zero-order valence-corrected chi connectivity index (χ0v) is 23.5. The zero-order valence-electron chi connectivity index (χ0n) is 21.9. The van der Waals surface area contributed by atoms with Crippen molar-refractivity contribution in [3.63, 3.8) is 0 Å². The third-order valence-corrected chi connectivity index (χ3v) is 8.23. The van der Waals surface area contributed by atoms with Crippen LogP contribution in [0, 0.1) is 5.92 Å². The maximum atomic E-state index is 13.7. The number of ether oxygens (including phenoxy) is 2. The summed E-state index contributed by atoms with van der Waals surface area (Å²) in [4.78, 5) is 29.6.